The number of piperidine rings is 1. The molecule has 0 radical (unpaired) electrons. The summed E-state index contributed by atoms with van der Waals surface area (Å²) < 4.78 is 0. The average Bonchev–Trinajstić information content (AvgIpc) is 3.07. The van der Waals surface area contributed by atoms with Crippen molar-refractivity contribution in [3.63, 3.8) is 0 Å². The topological polar surface area (TPSA) is 142 Å². The molecule has 10 nitrogen and oxygen atoms in total. The number of nitrogens with two attached hydrogens (primary N) is 1. The van der Waals surface area contributed by atoms with Crippen molar-refractivity contribution in [3.8, 4) is 0 Å². The second-order valence-electron chi connectivity index (χ2n) is 8.57. The summed E-state index contributed by atoms with van der Waals surface area (Å²) in [6.45, 7) is 0.491. The van der Waals surface area contributed by atoms with Crippen molar-refractivity contribution in [2.24, 2.45) is 0 Å². The minimum absolute atomic E-state index is 0. The summed E-state index contributed by atoms with van der Waals surface area (Å²) in [4.78, 5) is 65.5. The Hall–Kier alpha value is -3.63. The van der Waals surface area contributed by atoms with Crippen LogP contribution in [0.25, 0.3) is 0 Å². The van der Waals surface area contributed by atoms with Gasteiger partial charge in [-0.3, -0.25) is 34.2 Å². The van der Waals surface area contributed by atoms with Crippen molar-refractivity contribution in [2.45, 2.75) is 31.7 Å². The van der Waals surface area contributed by atoms with Crippen LogP contribution in [0.1, 0.15) is 45.5 Å². The maximum absolute atomic E-state index is 13.2. The van der Waals surface area contributed by atoms with Crippen molar-refractivity contribution in [1.82, 2.24) is 10.2 Å². The van der Waals surface area contributed by atoms with Crippen LogP contribution in [0.15, 0.2) is 36.4 Å². The van der Waals surface area contributed by atoms with Crippen LogP contribution in [0.3, 0.4) is 0 Å². The Bertz CT molecular complexity index is 1270. The number of hydrogen-bond donors (Lipinski definition) is 3. The average molecular weight is 534 g/mol. The highest BCUT2D eigenvalue weighted by molar-refractivity contribution is 6.25. The molecule has 5 rings (SSSR count). The Morgan fingerprint density at radius 2 is 1.83 bits per heavy atom. The third-order valence-electron chi connectivity index (χ3n) is 6.42. The van der Waals surface area contributed by atoms with Crippen LogP contribution < -0.4 is 21.3 Å². The molecule has 0 aliphatic carbocycles. The molecule has 1 saturated heterocycles. The van der Waals surface area contributed by atoms with Crippen LogP contribution in [0, 0.1) is 0 Å². The molecule has 2 aromatic rings. The van der Waals surface area contributed by atoms with Gasteiger partial charge < -0.3 is 16.0 Å². The van der Waals surface area contributed by atoms with Gasteiger partial charge in [-0.25, -0.2) is 0 Å². The van der Waals surface area contributed by atoms with Gasteiger partial charge in [-0.05, 0) is 55.2 Å². The summed E-state index contributed by atoms with van der Waals surface area (Å²) in [7, 11) is 0. The Morgan fingerprint density at radius 1 is 1.06 bits per heavy atom. The number of fused-ring (bicyclic) bond motifs is 2. The van der Waals surface area contributed by atoms with E-state index >= 15 is 0 Å². The smallest absolute Gasteiger partial charge is 0.264 e. The standard InChI is InChI=1S/C24H23N5O5.2ClH/c25-14-6-7-17-13(11-14)3-2-10-28(17)20(31)12-26-16-5-1-4-15-21(16)24(34)29(23(15)33)18-8-9-19(30)27-22(18)32;;/h1,4-7,11,18,26H,2-3,8-10,12,25H2,(H,27,30,32);2*1H. The first-order valence-electron chi connectivity index (χ1n) is 11.1. The van der Waals surface area contributed by atoms with E-state index in [9.17, 15) is 24.0 Å². The number of anilines is 3. The molecule has 3 heterocycles. The van der Waals surface area contributed by atoms with Gasteiger partial charge in [0.25, 0.3) is 11.8 Å². The van der Waals surface area contributed by atoms with Crippen LogP contribution >= 0.6 is 24.8 Å². The van der Waals surface area contributed by atoms with Crippen LogP contribution in [0.5, 0.6) is 0 Å². The lowest BCUT2D eigenvalue weighted by Gasteiger charge is -2.30. The molecule has 5 amide bonds. The van der Waals surface area contributed by atoms with Gasteiger partial charge in [-0.15, -0.1) is 24.8 Å². The van der Waals surface area contributed by atoms with E-state index in [2.05, 4.69) is 10.6 Å². The highest BCUT2D eigenvalue weighted by Gasteiger charge is 2.45. The van der Waals surface area contributed by atoms with E-state index in [1.807, 2.05) is 12.1 Å². The van der Waals surface area contributed by atoms with E-state index in [0.29, 0.717) is 17.9 Å². The molecule has 3 aliphatic rings. The van der Waals surface area contributed by atoms with E-state index in [1.165, 1.54) is 6.07 Å². The molecular weight excluding hydrogens is 509 g/mol. The molecule has 0 spiro atoms. The largest absolute Gasteiger partial charge is 0.399 e. The molecule has 4 N–H and O–H groups in total. The number of carbonyl (C=O) groups excluding carboxylic acids is 5. The number of benzene rings is 2. The van der Waals surface area contributed by atoms with E-state index in [1.54, 1.807) is 23.1 Å². The van der Waals surface area contributed by atoms with Crippen LogP contribution in [0.4, 0.5) is 17.1 Å². The molecule has 0 bridgehead atoms. The highest BCUT2D eigenvalue weighted by Crippen LogP contribution is 2.33. The minimum atomic E-state index is -1.04. The molecule has 190 valence electrons. The molecule has 1 unspecified atom stereocenters. The van der Waals surface area contributed by atoms with Crippen molar-refractivity contribution < 1.29 is 24.0 Å². The summed E-state index contributed by atoms with van der Waals surface area (Å²) in [5.74, 6) is -2.49. The van der Waals surface area contributed by atoms with Gasteiger partial charge >= 0.3 is 0 Å². The fraction of sp³-hybridized carbons (Fsp3) is 0.292. The van der Waals surface area contributed by atoms with Crippen molar-refractivity contribution in [3.05, 3.63) is 53.1 Å². The van der Waals surface area contributed by atoms with Gasteiger partial charge in [0, 0.05) is 30.0 Å². The number of hydrogen-bond acceptors (Lipinski definition) is 7. The predicted molar refractivity (Wildman–Crippen MR) is 138 cm³/mol. The van der Waals surface area contributed by atoms with Crippen molar-refractivity contribution >= 4 is 71.4 Å². The predicted octanol–water partition coefficient (Wildman–Crippen LogP) is 1.90. The number of nitrogens with one attached hydrogen (secondary N) is 2. The SMILES string of the molecule is Cl.Cl.Nc1ccc2c(c1)CCCN2C(=O)CNc1cccc2c1C(=O)N(C1CCC(=O)NC1=O)C2=O. The molecule has 1 atom stereocenters. The van der Waals surface area contributed by atoms with Crippen LogP contribution in [-0.4, -0.2) is 53.6 Å². The summed E-state index contributed by atoms with van der Waals surface area (Å²) in [6, 6.07) is 9.18. The lowest BCUT2D eigenvalue weighted by Crippen LogP contribution is -2.54. The van der Waals surface area contributed by atoms with Crippen LogP contribution in [0.2, 0.25) is 0 Å². The molecule has 12 heteroatoms. The second-order valence-corrected chi connectivity index (χ2v) is 8.57. The molecular formula is C24H25Cl2N5O5. The molecule has 36 heavy (non-hydrogen) atoms. The Morgan fingerprint density at radius 3 is 2.58 bits per heavy atom. The molecule has 0 aromatic heterocycles. The number of carbonyl (C=O) groups is 5. The molecule has 3 aliphatic heterocycles. The first-order valence-corrected chi connectivity index (χ1v) is 11.1. The first-order chi connectivity index (χ1) is 16.3. The van der Waals surface area contributed by atoms with Gasteiger partial charge in [0.15, 0.2) is 0 Å². The van der Waals surface area contributed by atoms with Crippen LogP contribution in [-0.2, 0) is 20.8 Å². The quantitative estimate of drug-likeness (QED) is 0.402. The van der Waals surface area contributed by atoms with Gasteiger partial charge in [-0.2, -0.15) is 0 Å². The van der Waals surface area contributed by atoms with Gasteiger partial charge in [0.2, 0.25) is 17.7 Å². The number of amides is 5. The number of nitrogen functional groups attached to an aromatic ring is 1. The summed E-state index contributed by atoms with van der Waals surface area (Å²) in [5, 5.41) is 5.19. The third kappa shape index (κ3) is 4.61. The summed E-state index contributed by atoms with van der Waals surface area (Å²) in [6.07, 6.45) is 1.79. The van der Waals surface area contributed by atoms with E-state index in [0.717, 1.165) is 29.0 Å². The first kappa shape index (κ1) is 27.0. The Labute approximate surface area is 219 Å². The highest BCUT2D eigenvalue weighted by atomic mass is 35.5. The van der Waals surface area contributed by atoms with Gasteiger partial charge in [0.05, 0.1) is 17.7 Å². The van der Waals surface area contributed by atoms with E-state index < -0.39 is 29.7 Å². The van der Waals surface area contributed by atoms with E-state index in [-0.39, 0.29) is 61.2 Å². The maximum Gasteiger partial charge on any atom is 0.264 e. The normalized spacial score (nSPS) is 18.5. The molecule has 0 saturated carbocycles. The van der Waals surface area contributed by atoms with Crippen molar-refractivity contribution in [2.75, 3.05) is 29.0 Å². The summed E-state index contributed by atoms with van der Waals surface area (Å²) in [5.41, 5.74) is 8.98. The third-order valence-corrected chi connectivity index (χ3v) is 6.42. The number of nitrogens with zero attached hydrogens (tertiary/aromatic N) is 2. The number of halogens is 2. The lowest BCUT2D eigenvalue weighted by molar-refractivity contribution is -0.136. The number of imide groups is 2. The Kier molecular flexibility index (Phi) is 7.90. The number of rotatable bonds is 4. The molecule has 2 aromatic carbocycles. The van der Waals surface area contributed by atoms with E-state index in [4.69, 9.17) is 5.73 Å². The lowest BCUT2D eigenvalue weighted by atomic mass is 10.0. The fourth-order valence-corrected chi connectivity index (χ4v) is 4.80. The summed E-state index contributed by atoms with van der Waals surface area (Å²) >= 11 is 0. The Balaban J connectivity index is 0.00000180. The molecule has 1 fully saturated rings. The van der Waals surface area contributed by atoms with Crippen molar-refractivity contribution in [1.29, 1.82) is 0 Å². The zero-order valence-corrected chi connectivity index (χ0v) is 20.7. The fourth-order valence-electron chi connectivity index (χ4n) is 4.80. The van der Waals surface area contributed by atoms with Gasteiger partial charge in [0.1, 0.15) is 6.04 Å². The maximum atomic E-state index is 13.2. The zero-order chi connectivity index (χ0) is 24.0. The minimum Gasteiger partial charge on any atom is -0.399 e. The number of aryl methyl sites for hydroxylation is 1. The second kappa shape index (κ2) is 10.5. The zero-order valence-electron chi connectivity index (χ0n) is 19.1. The monoisotopic (exact) mass is 533 g/mol. The van der Waals surface area contributed by atoms with Gasteiger partial charge in [-0.1, -0.05) is 6.07 Å².